The zero-order valence-corrected chi connectivity index (χ0v) is 13.0. The number of halogens is 3. The highest BCUT2D eigenvalue weighted by molar-refractivity contribution is 7.90. The Balaban J connectivity index is 3.11. The SMILES string of the molecule is CC(N[S@+]([O-])C(C)(C)C)c1cccc(C(F)(F)C#N)c1F. The molecule has 0 spiro atoms. The highest BCUT2D eigenvalue weighted by Gasteiger charge is 2.36. The van der Waals surface area contributed by atoms with Crippen LogP contribution in [0.2, 0.25) is 0 Å². The van der Waals surface area contributed by atoms with Crippen molar-refractivity contribution in [2.24, 2.45) is 0 Å². The van der Waals surface area contributed by atoms with E-state index in [1.807, 2.05) is 0 Å². The van der Waals surface area contributed by atoms with Crippen LogP contribution in [0.1, 0.15) is 44.9 Å². The van der Waals surface area contributed by atoms with E-state index in [0.29, 0.717) is 0 Å². The molecule has 0 radical (unpaired) electrons. The summed E-state index contributed by atoms with van der Waals surface area (Å²) >= 11 is -1.47. The van der Waals surface area contributed by atoms with Crippen LogP contribution in [-0.2, 0) is 17.3 Å². The average molecular weight is 318 g/mol. The molecule has 0 aliphatic heterocycles. The average Bonchev–Trinajstić information content (AvgIpc) is 2.37. The van der Waals surface area contributed by atoms with Crippen LogP contribution in [-0.4, -0.2) is 9.30 Å². The minimum Gasteiger partial charge on any atom is -0.598 e. The van der Waals surface area contributed by atoms with Gasteiger partial charge in [-0.05, 0) is 33.8 Å². The van der Waals surface area contributed by atoms with E-state index >= 15 is 0 Å². The van der Waals surface area contributed by atoms with Crippen molar-refractivity contribution in [3.05, 3.63) is 35.1 Å². The molecule has 0 heterocycles. The number of rotatable bonds is 4. The molecule has 0 amide bonds. The number of benzene rings is 1. The molecular weight excluding hydrogens is 301 g/mol. The van der Waals surface area contributed by atoms with Crippen molar-refractivity contribution in [2.45, 2.75) is 44.4 Å². The summed E-state index contributed by atoms with van der Waals surface area (Å²) in [6.07, 6.45) is 0. The largest absolute Gasteiger partial charge is 0.598 e. The van der Waals surface area contributed by atoms with Crippen LogP contribution in [0.5, 0.6) is 0 Å². The Labute approximate surface area is 125 Å². The van der Waals surface area contributed by atoms with Crippen molar-refractivity contribution in [3.63, 3.8) is 0 Å². The van der Waals surface area contributed by atoms with Crippen molar-refractivity contribution >= 4 is 11.4 Å². The van der Waals surface area contributed by atoms with Crippen molar-refractivity contribution < 1.29 is 17.7 Å². The monoisotopic (exact) mass is 318 g/mol. The maximum atomic E-state index is 14.2. The van der Waals surface area contributed by atoms with Gasteiger partial charge in [0, 0.05) is 16.9 Å². The van der Waals surface area contributed by atoms with E-state index in [1.54, 1.807) is 20.8 Å². The molecule has 1 N–H and O–H groups in total. The second-order valence-corrected chi connectivity index (χ2v) is 7.61. The van der Waals surface area contributed by atoms with E-state index in [-0.39, 0.29) is 5.56 Å². The van der Waals surface area contributed by atoms with E-state index in [2.05, 4.69) is 4.72 Å². The minimum absolute atomic E-state index is 0.0555. The van der Waals surface area contributed by atoms with Crippen LogP contribution in [0.3, 0.4) is 0 Å². The highest BCUT2D eigenvalue weighted by Crippen LogP contribution is 2.32. The van der Waals surface area contributed by atoms with Gasteiger partial charge in [0.15, 0.2) is 0 Å². The third kappa shape index (κ3) is 4.13. The van der Waals surface area contributed by atoms with Gasteiger partial charge in [-0.25, -0.2) is 4.39 Å². The molecule has 0 aliphatic carbocycles. The first-order chi connectivity index (χ1) is 9.50. The number of nitriles is 1. The quantitative estimate of drug-likeness (QED) is 0.864. The van der Waals surface area contributed by atoms with Gasteiger partial charge < -0.3 is 4.55 Å². The number of alkyl halides is 2. The molecule has 116 valence electrons. The van der Waals surface area contributed by atoms with Gasteiger partial charge >= 0.3 is 5.92 Å². The normalized spacial score (nSPS) is 15.4. The standard InChI is InChI=1S/C14H17F3N2OS/c1-9(19-21(20)13(2,3)4)10-6-5-7-11(12(10)15)14(16,17)8-18/h5-7,9,19H,1-4H3/t9?,21-/m1/s1. The van der Waals surface area contributed by atoms with Crippen LogP contribution in [0.15, 0.2) is 18.2 Å². The molecule has 1 aromatic rings. The van der Waals surface area contributed by atoms with Gasteiger partial charge in [-0.2, -0.15) is 14.0 Å². The Morgan fingerprint density at radius 2 is 1.90 bits per heavy atom. The van der Waals surface area contributed by atoms with Gasteiger partial charge in [0.25, 0.3) is 0 Å². The first kappa shape index (κ1) is 17.8. The molecule has 0 saturated heterocycles. The summed E-state index contributed by atoms with van der Waals surface area (Å²) in [5, 5.41) is 8.42. The van der Waals surface area contributed by atoms with E-state index in [4.69, 9.17) is 5.26 Å². The van der Waals surface area contributed by atoms with Crippen LogP contribution in [0.4, 0.5) is 13.2 Å². The molecule has 0 bridgehead atoms. The number of hydrogen-bond acceptors (Lipinski definition) is 3. The Morgan fingerprint density at radius 1 is 1.33 bits per heavy atom. The molecule has 3 nitrogen and oxygen atoms in total. The zero-order chi connectivity index (χ0) is 16.4. The molecule has 0 saturated carbocycles. The van der Waals surface area contributed by atoms with E-state index in [9.17, 15) is 17.7 Å². The lowest BCUT2D eigenvalue weighted by atomic mass is 10.0. The second kappa shape index (κ2) is 6.26. The summed E-state index contributed by atoms with van der Waals surface area (Å²) in [5.74, 6) is -5.06. The second-order valence-electron chi connectivity index (χ2n) is 5.62. The van der Waals surface area contributed by atoms with Gasteiger partial charge in [0.05, 0.1) is 11.6 Å². The predicted molar refractivity (Wildman–Crippen MR) is 75.4 cm³/mol. The summed E-state index contributed by atoms with van der Waals surface area (Å²) in [6, 6.07) is 3.48. The minimum atomic E-state index is -3.90. The summed E-state index contributed by atoms with van der Waals surface area (Å²) < 4.78 is 55.0. The fourth-order valence-electron chi connectivity index (χ4n) is 1.59. The van der Waals surface area contributed by atoms with Crippen LogP contribution >= 0.6 is 0 Å². The zero-order valence-electron chi connectivity index (χ0n) is 12.2. The molecule has 7 heteroatoms. The Bertz CT molecular complexity index is 552. The molecule has 1 rings (SSSR count). The third-order valence-corrected chi connectivity index (χ3v) is 4.49. The summed E-state index contributed by atoms with van der Waals surface area (Å²) in [6.45, 7) is 6.73. The summed E-state index contributed by atoms with van der Waals surface area (Å²) in [7, 11) is 0. The molecule has 2 atom stereocenters. The Hall–Kier alpha value is -1.23. The number of hydrogen-bond donors (Lipinski definition) is 1. The highest BCUT2D eigenvalue weighted by atomic mass is 32.2. The molecular formula is C14H17F3N2OS. The molecule has 1 aromatic carbocycles. The smallest absolute Gasteiger partial charge is 0.360 e. The lowest BCUT2D eigenvalue weighted by Gasteiger charge is -2.27. The lowest BCUT2D eigenvalue weighted by molar-refractivity contribution is 0.0569. The predicted octanol–water partition coefficient (Wildman–Crippen LogP) is 3.55. The lowest BCUT2D eigenvalue weighted by Crippen LogP contribution is -2.40. The molecule has 0 aliphatic rings. The van der Waals surface area contributed by atoms with Crippen LogP contribution in [0, 0.1) is 17.1 Å². The molecule has 1 unspecified atom stereocenters. The number of nitrogens with one attached hydrogen (secondary N) is 1. The van der Waals surface area contributed by atoms with Gasteiger partial charge in [-0.1, -0.05) is 12.1 Å². The Kier molecular flexibility index (Phi) is 5.31. The maximum Gasteiger partial charge on any atom is 0.360 e. The third-order valence-electron chi connectivity index (χ3n) is 2.81. The molecule has 0 aromatic heterocycles. The van der Waals surface area contributed by atoms with Gasteiger partial charge in [-0.3, -0.25) is 0 Å². The van der Waals surface area contributed by atoms with Crippen LogP contribution < -0.4 is 4.72 Å². The van der Waals surface area contributed by atoms with Crippen molar-refractivity contribution in [1.29, 1.82) is 5.26 Å². The topological polar surface area (TPSA) is 58.9 Å². The van der Waals surface area contributed by atoms with Crippen molar-refractivity contribution in [1.82, 2.24) is 4.72 Å². The van der Waals surface area contributed by atoms with Gasteiger partial charge in [0.2, 0.25) is 0 Å². The molecule has 0 fully saturated rings. The molecule has 21 heavy (non-hydrogen) atoms. The van der Waals surface area contributed by atoms with E-state index < -0.39 is 39.5 Å². The Morgan fingerprint density at radius 3 is 2.38 bits per heavy atom. The number of nitrogens with zero attached hydrogens (tertiary/aromatic N) is 1. The van der Waals surface area contributed by atoms with Crippen molar-refractivity contribution in [3.8, 4) is 6.07 Å². The fraction of sp³-hybridized carbons (Fsp3) is 0.500. The van der Waals surface area contributed by atoms with E-state index in [1.165, 1.54) is 19.1 Å². The summed E-state index contributed by atoms with van der Waals surface area (Å²) in [5.41, 5.74) is -1.03. The van der Waals surface area contributed by atoms with Crippen molar-refractivity contribution in [2.75, 3.05) is 0 Å². The van der Waals surface area contributed by atoms with Crippen LogP contribution in [0.25, 0.3) is 0 Å². The van der Waals surface area contributed by atoms with Gasteiger partial charge in [-0.15, -0.1) is 4.72 Å². The van der Waals surface area contributed by atoms with Gasteiger partial charge in [0.1, 0.15) is 16.6 Å². The first-order valence-corrected chi connectivity index (χ1v) is 7.41. The first-order valence-electron chi connectivity index (χ1n) is 6.26. The maximum absolute atomic E-state index is 14.2. The van der Waals surface area contributed by atoms with E-state index in [0.717, 1.165) is 12.1 Å². The summed E-state index contributed by atoms with van der Waals surface area (Å²) in [4.78, 5) is 0. The fourth-order valence-corrected chi connectivity index (χ4v) is 2.39.